The predicted molar refractivity (Wildman–Crippen MR) is 96.2 cm³/mol. The van der Waals surface area contributed by atoms with Crippen LogP contribution in [0.1, 0.15) is 28.8 Å². The summed E-state index contributed by atoms with van der Waals surface area (Å²) in [4.78, 5) is 14.0. The van der Waals surface area contributed by atoms with Crippen LogP contribution in [0.3, 0.4) is 0 Å². The molecule has 1 aliphatic heterocycles. The fraction of sp³-hybridized carbons (Fsp3) is 0.333. The largest absolute Gasteiger partial charge is 0.619 e. The highest BCUT2D eigenvalue weighted by molar-refractivity contribution is 6.32. The summed E-state index contributed by atoms with van der Waals surface area (Å²) in [6, 6.07) is 4.34. The van der Waals surface area contributed by atoms with Gasteiger partial charge in [0.1, 0.15) is 5.69 Å². The second kappa shape index (κ2) is 7.66. The van der Waals surface area contributed by atoms with Crippen molar-refractivity contribution >= 4 is 28.9 Å². The second-order valence-corrected chi connectivity index (χ2v) is 7.00. The summed E-state index contributed by atoms with van der Waals surface area (Å²) < 4.78 is 67.2. The van der Waals surface area contributed by atoms with Crippen LogP contribution in [0.2, 0.25) is 5.02 Å². The molecule has 2 aromatic rings. The van der Waals surface area contributed by atoms with E-state index in [-0.39, 0.29) is 30.0 Å². The standard InChI is InChI=1S/C18H15ClF5N3O2/c19-14-8-12(16(28)25-11-2-1-5-27(29)10-11)15(9-13(14)18(22,23)24)26-6-3-17(20,21)4-7-26/h1-2,5,8-10H,3-4,6-7H2,(H,25,28). The van der Waals surface area contributed by atoms with Gasteiger partial charge in [-0.15, -0.1) is 0 Å². The van der Waals surface area contributed by atoms with E-state index in [1.165, 1.54) is 23.2 Å². The average Bonchev–Trinajstić information content (AvgIpc) is 2.60. The van der Waals surface area contributed by atoms with E-state index in [1.54, 1.807) is 0 Å². The fourth-order valence-electron chi connectivity index (χ4n) is 3.02. The van der Waals surface area contributed by atoms with Crippen molar-refractivity contribution in [3.05, 3.63) is 58.0 Å². The Kier molecular flexibility index (Phi) is 5.57. The van der Waals surface area contributed by atoms with Crippen molar-refractivity contribution in [1.82, 2.24) is 0 Å². The molecule has 5 nitrogen and oxygen atoms in total. The second-order valence-electron chi connectivity index (χ2n) is 6.60. The molecule has 2 heterocycles. The van der Waals surface area contributed by atoms with E-state index in [1.807, 2.05) is 0 Å². The molecule has 1 saturated heterocycles. The van der Waals surface area contributed by atoms with Gasteiger partial charge >= 0.3 is 6.18 Å². The minimum Gasteiger partial charge on any atom is -0.619 e. The first-order valence-electron chi connectivity index (χ1n) is 8.50. The van der Waals surface area contributed by atoms with Gasteiger partial charge in [-0.3, -0.25) is 4.79 Å². The van der Waals surface area contributed by atoms with E-state index in [2.05, 4.69) is 5.32 Å². The number of rotatable bonds is 3. The Morgan fingerprint density at radius 2 is 1.90 bits per heavy atom. The van der Waals surface area contributed by atoms with E-state index in [4.69, 9.17) is 11.6 Å². The predicted octanol–water partition coefficient (Wildman–Crippen LogP) is 4.48. The molecule has 1 N–H and O–H groups in total. The Hall–Kier alpha value is -2.62. The van der Waals surface area contributed by atoms with Crippen molar-refractivity contribution < 1.29 is 31.5 Å². The summed E-state index contributed by atoms with van der Waals surface area (Å²) in [6.07, 6.45) is -3.64. The highest BCUT2D eigenvalue weighted by atomic mass is 35.5. The smallest absolute Gasteiger partial charge is 0.417 e. The number of piperidine rings is 1. The molecule has 0 bridgehead atoms. The summed E-state index contributed by atoms with van der Waals surface area (Å²) in [5, 5.41) is 13.0. The topological polar surface area (TPSA) is 59.3 Å². The maximum atomic E-state index is 13.5. The highest BCUT2D eigenvalue weighted by Crippen LogP contribution is 2.40. The number of hydrogen-bond donors (Lipinski definition) is 1. The molecule has 1 aromatic carbocycles. The number of benzene rings is 1. The van der Waals surface area contributed by atoms with Gasteiger partial charge in [0.05, 0.1) is 21.8 Å². The van der Waals surface area contributed by atoms with E-state index in [9.17, 15) is 32.0 Å². The van der Waals surface area contributed by atoms with Crippen molar-refractivity contribution in [2.45, 2.75) is 24.9 Å². The zero-order valence-electron chi connectivity index (χ0n) is 14.8. The molecule has 0 unspecified atom stereocenters. The molecule has 1 aliphatic rings. The Morgan fingerprint density at radius 3 is 2.48 bits per heavy atom. The summed E-state index contributed by atoms with van der Waals surface area (Å²) in [6.45, 7) is -0.448. The molecule has 0 aliphatic carbocycles. The quantitative estimate of drug-likeness (QED) is 0.439. The van der Waals surface area contributed by atoms with Crippen LogP contribution in [0.5, 0.6) is 0 Å². The average molecular weight is 436 g/mol. The number of pyridine rings is 1. The molecule has 0 atom stereocenters. The Labute approximate surface area is 167 Å². The summed E-state index contributed by atoms with van der Waals surface area (Å²) in [7, 11) is 0. The monoisotopic (exact) mass is 435 g/mol. The number of hydrogen-bond acceptors (Lipinski definition) is 3. The number of anilines is 2. The molecule has 1 aromatic heterocycles. The van der Waals surface area contributed by atoms with Crippen LogP contribution in [0.4, 0.5) is 33.3 Å². The van der Waals surface area contributed by atoms with Crippen LogP contribution in [-0.2, 0) is 6.18 Å². The van der Waals surface area contributed by atoms with Crippen LogP contribution in [-0.4, -0.2) is 24.9 Å². The van der Waals surface area contributed by atoms with Crippen LogP contribution >= 0.6 is 11.6 Å². The first-order valence-corrected chi connectivity index (χ1v) is 8.88. The lowest BCUT2D eigenvalue weighted by Crippen LogP contribution is -2.40. The summed E-state index contributed by atoms with van der Waals surface area (Å²) in [5.74, 6) is -3.73. The molecule has 3 rings (SSSR count). The fourth-order valence-corrected chi connectivity index (χ4v) is 3.30. The number of nitrogens with one attached hydrogen (secondary N) is 1. The molecule has 1 amide bonds. The third-order valence-electron chi connectivity index (χ3n) is 4.50. The molecule has 0 radical (unpaired) electrons. The lowest BCUT2D eigenvalue weighted by molar-refractivity contribution is -0.604. The van der Waals surface area contributed by atoms with Crippen molar-refractivity contribution in [2.75, 3.05) is 23.3 Å². The zero-order chi connectivity index (χ0) is 21.4. The normalized spacial score (nSPS) is 16.6. The SMILES string of the molecule is O=C(Nc1ccc[n+]([O-])c1)c1cc(Cl)c(C(F)(F)F)cc1N1CCC(F)(F)CC1. The number of nitrogens with zero attached hydrogens (tertiary/aromatic N) is 2. The van der Waals surface area contributed by atoms with E-state index < -0.39 is 41.4 Å². The minimum atomic E-state index is -4.78. The first kappa shape index (κ1) is 21.1. The van der Waals surface area contributed by atoms with Crippen LogP contribution < -0.4 is 14.9 Å². The molecular weight excluding hydrogens is 421 g/mol. The zero-order valence-corrected chi connectivity index (χ0v) is 15.5. The van der Waals surface area contributed by atoms with E-state index in [0.717, 1.165) is 12.3 Å². The highest BCUT2D eigenvalue weighted by Gasteiger charge is 2.38. The van der Waals surface area contributed by atoms with Crippen LogP contribution in [0, 0.1) is 5.21 Å². The Morgan fingerprint density at radius 1 is 1.24 bits per heavy atom. The third kappa shape index (κ3) is 4.87. The van der Waals surface area contributed by atoms with Crippen molar-refractivity contribution in [2.24, 2.45) is 0 Å². The molecule has 1 fully saturated rings. The van der Waals surface area contributed by atoms with E-state index in [0.29, 0.717) is 10.8 Å². The molecular formula is C18H15ClF5N3O2. The van der Waals surface area contributed by atoms with Gasteiger partial charge in [0.2, 0.25) is 6.20 Å². The van der Waals surface area contributed by atoms with Gasteiger partial charge in [0.25, 0.3) is 11.8 Å². The van der Waals surface area contributed by atoms with Crippen molar-refractivity contribution in [1.29, 1.82) is 0 Å². The number of carbonyl (C=O) groups excluding carboxylic acids is 1. The van der Waals surface area contributed by atoms with Gasteiger partial charge in [-0.25, -0.2) is 8.78 Å². The number of alkyl halides is 5. The van der Waals surface area contributed by atoms with Gasteiger partial charge in [0, 0.05) is 32.0 Å². The number of aromatic nitrogens is 1. The van der Waals surface area contributed by atoms with Gasteiger partial charge < -0.3 is 15.4 Å². The molecule has 11 heteroatoms. The van der Waals surface area contributed by atoms with Crippen molar-refractivity contribution in [3.8, 4) is 0 Å². The minimum absolute atomic E-state index is 0.111. The molecule has 0 saturated carbocycles. The first-order chi connectivity index (χ1) is 13.5. The van der Waals surface area contributed by atoms with Gasteiger partial charge in [-0.1, -0.05) is 11.6 Å². The lowest BCUT2D eigenvalue weighted by Gasteiger charge is -2.34. The maximum Gasteiger partial charge on any atom is 0.417 e. The molecule has 29 heavy (non-hydrogen) atoms. The number of amides is 1. The van der Waals surface area contributed by atoms with Crippen molar-refractivity contribution in [3.63, 3.8) is 0 Å². The summed E-state index contributed by atoms with van der Waals surface area (Å²) >= 11 is 5.75. The Bertz CT molecular complexity index is 926. The number of halogens is 6. The van der Waals surface area contributed by atoms with Crippen LogP contribution in [0.25, 0.3) is 0 Å². The van der Waals surface area contributed by atoms with Crippen LogP contribution in [0.15, 0.2) is 36.7 Å². The Balaban J connectivity index is 2.00. The maximum absolute atomic E-state index is 13.5. The number of carbonyl (C=O) groups is 1. The van der Waals surface area contributed by atoms with Gasteiger partial charge in [0.15, 0.2) is 6.20 Å². The summed E-state index contributed by atoms with van der Waals surface area (Å²) in [5.41, 5.74) is -1.42. The lowest BCUT2D eigenvalue weighted by atomic mass is 10.0. The van der Waals surface area contributed by atoms with Gasteiger partial charge in [-0.2, -0.15) is 17.9 Å². The third-order valence-corrected chi connectivity index (χ3v) is 4.82. The van der Waals surface area contributed by atoms with Gasteiger partial charge in [-0.05, 0) is 18.2 Å². The molecule has 156 valence electrons. The molecule has 0 spiro atoms. The van der Waals surface area contributed by atoms with E-state index >= 15 is 0 Å².